The fraction of sp³-hybridized carbons (Fsp3) is 0.136. The molecule has 130 valence electrons. The van der Waals surface area contributed by atoms with Gasteiger partial charge in [0.25, 0.3) is 0 Å². The minimum atomic E-state index is 0. The Morgan fingerprint density at radius 3 is 2.42 bits per heavy atom. The van der Waals surface area contributed by atoms with Crippen molar-refractivity contribution in [2.24, 2.45) is 7.05 Å². The Morgan fingerprint density at radius 2 is 1.62 bits per heavy atom. The van der Waals surface area contributed by atoms with Gasteiger partial charge in [0.15, 0.2) is 0 Å². The molecule has 0 saturated carbocycles. The number of fused-ring (bicyclic) bond motifs is 4. The number of halogens is 1. The Labute approximate surface area is 169 Å². The van der Waals surface area contributed by atoms with Crippen LogP contribution in [0.25, 0.3) is 32.9 Å². The molecule has 0 unspecified atom stereocenters. The number of para-hydroxylation sites is 2. The van der Waals surface area contributed by atoms with Crippen molar-refractivity contribution in [3.63, 3.8) is 0 Å². The van der Waals surface area contributed by atoms with E-state index in [0.717, 1.165) is 5.75 Å². The molecule has 0 spiro atoms. The van der Waals surface area contributed by atoms with Crippen LogP contribution in [-0.4, -0.2) is 14.2 Å². The molecule has 4 aromatic rings. The van der Waals surface area contributed by atoms with E-state index in [4.69, 9.17) is 4.74 Å². The highest BCUT2D eigenvalue weighted by atomic mass is 127. The fourth-order valence-electron chi connectivity index (χ4n) is 4.14. The lowest BCUT2D eigenvalue weighted by molar-refractivity contribution is -0.617. The summed E-state index contributed by atoms with van der Waals surface area (Å²) < 4.78 is 7.88. The molecule has 1 aliphatic rings. The molecule has 0 bridgehead atoms. The second kappa shape index (κ2) is 6.13. The molecule has 0 N–H and O–H groups in total. The monoisotopic (exact) mass is 454 g/mol. The first kappa shape index (κ1) is 17.1. The Morgan fingerprint density at radius 1 is 0.885 bits per heavy atom. The maximum atomic E-state index is 5.61. The third kappa shape index (κ3) is 2.14. The topological polar surface area (TPSA) is 16.4 Å². The second-order valence-corrected chi connectivity index (χ2v) is 6.57. The van der Waals surface area contributed by atoms with Crippen LogP contribution in [0.2, 0.25) is 0 Å². The molecule has 0 fully saturated rings. The number of hydrogen-bond donors (Lipinski definition) is 0. The lowest BCUT2D eigenvalue weighted by atomic mass is 9.91. The Bertz CT molecular complexity index is 1170. The highest BCUT2D eigenvalue weighted by Crippen LogP contribution is 2.49. The number of benzene rings is 3. The van der Waals surface area contributed by atoms with E-state index in [2.05, 4.69) is 84.2 Å². The highest BCUT2D eigenvalue weighted by Gasteiger charge is 2.29. The first-order valence-electron chi connectivity index (χ1n) is 8.46. The van der Waals surface area contributed by atoms with Gasteiger partial charge < -0.3 is 33.6 Å². The smallest absolute Gasteiger partial charge is 0.219 e. The molecule has 1 aromatic heterocycles. The van der Waals surface area contributed by atoms with E-state index in [-0.39, 0.29) is 24.0 Å². The Hall–Kier alpha value is -2.34. The lowest BCUT2D eigenvalue weighted by Gasteiger charge is -2.30. The summed E-state index contributed by atoms with van der Waals surface area (Å²) in [5, 5.41) is 2.55. The summed E-state index contributed by atoms with van der Waals surface area (Å²) in [7, 11) is 6.02. The molecule has 1 aliphatic heterocycles. The molecule has 5 rings (SSSR count). The second-order valence-electron chi connectivity index (χ2n) is 6.57. The van der Waals surface area contributed by atoms with Gasteiger partial charge in [-0.05, 0) is 18.2 Å². The molecule has 4 heteroatoms. The van der Waals surface area contributed by atoms with Crippen LogP contribution in [0.15, 0.2) is 60.7 Å². The number of aromatic nitrogens is 1. The van der Waals surface area contributed by atoms with Crippen molar-refractivity contribution < 1.29 is 33.3 Å². The predicted molar refractivity (Wildman–Crippen MR) is 103 cm³/mol. The van der Waals surface area contributed by atoms with Crippen molar-refractivity contribution in [2.45, 2.75) is 0 Å². The zero-order valence-corrected chi connectivity index (χ0v) is 17.1. The van der Waals surface area contributed by atoms with E-state index in [0.29, 0.717) is 0 Å². The Kier molecular flexibility index (Phi) is 4.03. The van der Waals surface area contributed by atoms with Crippen LogP contribution in [0.1, 0.15) is 0 Å². The Balaban J connectivity index is 0.00000168. The van der Waals surface area contributed by atoms with Crippen molar-refractivity contribution in [1.82, 2.24) is 0 Å². The van der Waals surface area contributed by atoms with Crippen LogP contribution in [-0.2, 0) is 7.05 Å². The van der Waals surface area contributed by atoms with E-state index >= 15 is 0 Å². The third-order valence-corrected chi connectivity index (χ3v) is 5.34. The zero-order chi connectivity index (χ0) is 17.1. The van der Waals surface area contributed by atoms with Gasteiger partial charge in [0.2, 0.25) is 11.0 Å². The highest BCUT2D eigenvalue weighted by molar-refractivity contribution is 6.17. The number of ether oxygens (including phenoxy) is 1. The SMILES string of the molecule is COc1cc2c3c(c4ccccc4[n+](C)c3c1)N(C)c1ccccc1-2.[I-]. The molecular formula is C22H19IN2O. The van der Waals surface area contributed by atoms with Crippen LogP contribution in [0.3, 0.4) is 0 Å². The summed E-state index contributed by atoms with van der Waals surface area (Å²) in [6, 6.07) is 21.5. The minimum absolute atomic E-state index is 0. The molecule has 0 amide bonds. The minimum Gasteiger partial charge on any atom is -1.00 e. The standard InChI is InChI=1S/C22H19N2O.HI/c1-23-19-11-7-5-9-16(19)22-21-17(12-14(25-3)13-20(21)23)15-8-4-6-10-18(15)24(22)2;/h4-13H,1-3H3;1H/q+1;/p-1. The number of rotatable bonds is 1. The quantitative estimate of drug-likeness (QED) is 0.247. The molecule has 26 heavy (non-hydrogen) atoms. The van der Waals surface area contributed by atoms with Gasteiger partial charge in [-0.2, -0.15) is 4.57 Å². The van der Waals surface area contributed by atoms with Crippen LogP contribution >= 0.6 is 0 Å². The largest absolute Gasteiger partial charge is 1.00 e. The van der Waals surface area contributed by atoms with Crippen molar-refractivity contribution in [2.75, 3.05) is 19.1 Å². The van der Waals surface area contributed by atoms with Crippen LogP contribution in [0.5, 0.6) is 5.75 Å². The van der Waals surface area contributed by atoms with E-state index < -0.39 is 0 Å². The van der Waals surface area contributed by atoms with Gasteiger partial charge in [-0.1, -0.05) is 30.3 Å². The maximum absolute atomic E-state index is 5.61. The molecule has 0 atom stereocenters. The normalized spacial score (nSPS) is 12.0. The third-order valence-electron chi connectivity index (χ3n) is 5.34. The summed E-state index contributed by atoms with van der Waals surface area (Å²) in [5.41, 5.74) is 7.37. The lowest BCUT2D eigenvalue weighted by Crippen LogP contribution is -3.00. The van der Waals surface area contributed by atoms with Gasteiger partial charge in [-0.25, -0.2) is 0 Å². The maximum Gasteiger partial charge on any atom is 0.219 e. The van der Waals surface area contributed by atoms with Crippen LogP contribution in [0, 0.1) is 0 Å². The van der Waals surface area contributed by atoms with Gasteiger partial charge in [0, 0.05) is 29.9 Å². The van der Waals surface area contributed by atoms with Crippen molar-refractivity contribution >= 4 is 33.2 Å². The van der Waals surface area contributed by atoms with Gasteiger partial charge in [0.05, 0.1) is 29.6 Å². The van der Waals surface area contributed by atoms with Crippen LogP contribution < -0.4 is 38.2 Å². The number of anilines is 2. The molecule has 0 saturated heterocycles. The number of pyridine rings is 1. The molecule has 0 aliphatic carbocycles. The molecule has 0 radical (unpaired) electrons. The zero-order valence-electron chi connectivity index (χ0n) is 15.0. The van der Waals surface area contributed by atoms with E-state index in [1.807, 2.05) is 0 Å². The van der Waals surface area contributed by atoms with Crippen molar-refractivity contribution in [3.8, 4) is 16.9 Å². The average Bonchev–Trinajstić information content (AvgIpc) is 2.67. The van der Waals surface area contributed by atoms with Gasteiger partial charge >= 0.3 is 0 Å². The molecular weight excluding hydrogens is 435 g/mol. The predicted octanol–water partition coefficient (Wildman–Crippen LogP) is 1.58. The van der Waals surface area contributed by atoms with Gasteiger partial charge in [0.1, 0.15) is 12.8 Å². The molecule has 2 heterocycles. The summed E-state index contributed by atoms with van der Waals surface area (Å²) >= 11 is 0. The van der Waals surface area contributed by atoms with Crippen molar-refractivity contribution in [1.29, 1.82) is 0 Å². The summed E-state index contributed by atoms with van der Waals surface area (Å²) in [5.74, 6) is 0.888. The van der Waals surface area contributed by atoms with Gasteiger partial charge in [-0.15, -0.1) is 0 Å². The van der Waals surface area contributed by atoms with Crippen LogP contribution in [0.4, 0.5) is 11.4 Å². The van der Waals surface area contributed by atoms with Crippen molar-refractivity contribution in [3.05, 3.63) is 60.7 Å². The number of hydrogen-bond acceptors (Lipinski definition) is 2. The fourth-order valence-corrected chi connectivity index (χ4v) is 4.14. The first-order valence-corrected chi connectivity index (χ1v) is 8.46. The van der Waals surface area contributed by atoms with E-state index in [1.165, 1.54) is 44.3 Å². The van der Waals surface area contributed by atoms with E-state index in [1.54, 1.807) is 7.11 Å². The first-order chi connectivity index (χ1) is 12.2. The summed E-state index contributed by atoms with van der Waals surface area (Å²) in [4.78, 5) is 2.32. The number of methoxy groups -OCH3 is 1. The number of aryl methyl sites for hydroxylation is 1. The average molecular weight is 454 g/mol. The number of nitrogens with zero attached hydrogens (tertiary/aromatic N) is 2. The molecule has 3 aromatic carbocycles. The molecule has 3 nitrogen and oxygen atoms in total. The summed E-state index contributed by atoms with van der Waals surface area (Å²) in [6.45, 7) is 0. The van der Waals surface area contributed by atoms with E-state index in [9.17, 15) is 0 Å². The summed E-state index contributed by atoms with van der Waals surface area (Å²) in [6.07, 6.45) is 0. The van der Waals surface area contributed by atoms with Gasteiger partial charge in [-0.3, -0.25) is 0 Å².